The third-order valence-corrected chi connectivity index (χ3v) is 10.3. The lowest BCUT2D eigenvalue weighted by molar-refractivity contribution is -0.120. The van der Waals surface area contributed by atoms with Gasteiger partial charge in [-0.1, -0.05) is 168 Å². The fraction of sp³-hybridized carbons (Fsp3) is 0.975. The Morgan fingerprint density at radius 2 is 0.977 bits per heavy atom. The van der Waals surface area contributed by atoms with Gasteiger partial charge >= 0.3 is 0 Å². The molecule has 1 aliphatic rings. The van der Waals surface area contributed by atoms with Crippen LogP contribution in [0.4, 0.5) is 0 Å². The Bertz CT molecular complexity index is 591. The van der Waals surface area contributed by atoms with Gasteiger partial charge in [0, 0.05) is 25.9 Å². The summed E-state index contributed by atoms with van der Waals surface area (Å²) in [7, 11) is 4.39. The molecule has 256 valence electrons. The van der Waals surface area contributed by atoms with Gasteiger partial charge in [0.05, 0.1) is 0 Å². The first kappa shape index (κ1) is 40.6. The minimum atomic E-state index is 0.564. The summed E-state index contributed by atoms with van der Waals surface area (Å²) in [6, 6.07) is 0. The maximum Gasteiger partial charge on any atom is 0.133 e. The summed E-state index contributed by atoms with van der Waals surface area (Å²) in [5.74, 6) is 2.15. The van der Waals surface area contributed by atoms with Crippen molar-refractivity contribution in [2.75, 3.05) is 40.3 Å². The van der Waals surface area contributed by atoms with Gasteiger partial charge in [-0.05, 0) is 58.3 Å². The zero-order valence-corrected chi connectivity index (χ0v) is 30.3. The van der Waals surface area contributed by atoms with Gasteiger partial charge in [0.1, 0.15) is 5.78 Å². The first-order valence-corrected chi connectivity index (χ1v) is 19.9. The zero-order valence-electron chi connectivity index (χ0n) is 30.3. The van der Waals surface area contributed by atoms with E-state index < -0.39 is 0 Å². The molecule has 0 amide bonds. The molecule has 0 spiro atoms. The number of unbranched alkanes of at least 4 members (excludes halogenated alkanes) is 10. The summed E-state index contributed by atoms with van der Waals surface area (Å²) < 4.78 is 0. The summed E-state index contributed by atoms with van der Waals surface area (Å²) in [6.07, 6.45) is 38.7. The van der Waals surface area contributed by atoms with E-state index in [1.807, 2.05) is 0 Å². The molecule has 43 heavy (non-hydrogen) atoms. The second-order valence-corrected chi connectivity index (χ2v) is 15.0. The van der Waals surface area contributed by atoms with E-state index in [4.69, 9.17) is 0 Å². The van der Waals surface area contributed by atoms with Crippen molar-refractivity contribution < 1.29 is 4.79 Å². The normalized spacial score (nSPS) is 20.4. The van der Waals surface area contributed by atoms with Crippen LogP contribution in [0.1, 0.15) is 200 Å². The molecule has 1 saturated carbocycles. The fourth-order valence-electron chi connectivity index (χ4n) is 7.16. The topological polar surface area (TPSA) is 23.6 Å². The van der Waals surface area contributed by atoms with Crippen LogP contribution in [0.15, 0.2) is 0 Å². The quantitative estimate of drug-likeness (QED) is 0.122. The molecular weight excluding hydrogens is 524 g/mol. The highest BCUT2D eigenvalue weighted by Gasteiger charge is 2.14. The first-order valence-electron chi connectivity index (χ1n) is 19.9. The minimum Gasteiger partial charge on any atom is -0.308 e. The summed E-state index contributed by atoms with van der Waals surface area (Å²) >= 11 is 0. The second-order valence-electron chi connectivity index (χ2n) is 15.0. The minimum absolute atomic E-state index is 0.564. The van der Waals surface area contributed by atoms with Gasteiger partial charge in [-0.2, -0.15) is 0 Å². The number of Topliss-reactive ketones (excluding diaryl/α,β-unsaturated/α-hetero) is 1. The van der Waals surface area contributed by atoms with Crippen LogP contribution in [0, 0.1) is 11.8 Å². The highest BCUT2D eigenvalue weighted by atomic mass is 16.1. The Morgan fingerprint density at radius 1 is 0.535 bits per heavy atom. The van der Waals surface area contributed by atoms with Crippen molar-refractivity contribution in [2.24, 2.45) is 11.8 Å². The van der Waals surface area contributed by atoms with Gasteiger partial charge in [0.25, 0.3) is 0 Å². The van der Waals surface area contributed by atoms with Crippen LogP contribution in [-0.4, -0.2) is 55.9 Å². The molecule has 0 saturated heterocycles. The number of hydrogen-bond acceptors (Lipinski definition) is 3. The first-order chi connectivity index (χ1) is 21.0. The SMILES string of the molecule is CCCCCCCCCN(CCCCCCCC(=O)CC1CCCCCCCCC(C)CCCCCCC1)CCN(C)C. The molecule has 1 fully saturated rings. The molecule has 0 radical (unpaired) electrons. The lowest BCUT2D eigenvalue weighted by atomic mass is 9.89. The molecular formula is C40H80N2O. The number of hydrogen-bond donors (Lipinski definition) is 0. The predicted molar refractivity (Wildman–Crippen MR) is 192 cm³/mol. The molecule has 1 aliphatic carbocycles. The molecule has 0 heterocycles. The summed E-state index contributed by atoms with van der Waals surface area (Å²) in [6.45, 7) is 9.67. The Hall–Kier alpha value is -0.410. The third-order valence-electron chi connectivity index (χ3n) is 10.3. The van der Waals surface area contributed by atoms with Gasteiger partial charge in [-0.25, -0.2) is 0 Å². The van der Waals surface area contributed by atoms with Crippen molar-refractivity contribution in [3.05, 3.63) is 0 Å². The standard InChI is InChI=1S/C40H80N2O/c1-5-6-7-8-11-19-26-33-42(36-35-41(3)4)34-27-20-13-18-25-32-40(43)37-39-30-23-16-10-9-14-21-28-38(2)29-22-15-12-17-24-31-39/h38-39H,5-37H2,1-4H3. The van der Waals surface area contributed by atoms with Crippen LogP contribution in [0.3, 0.4) is 0 Å². The molecule has 1 rings (SSSR count). The predicted octanol–water partition coefficient (Wildman–Crippen LogP) is 12.0. The number of rotatable bonds is 21. The highest BCUT2D eigenvalue weighted by Crippen LogP contribution is 2.25. The number of ketones is 1. The maximum absolute atomic E-state index is 12.9. The van der Waals surface area contributed by atoms with Crippen molar-refractivity contribution in [1.82, 2.24) is 9.80 Å². The van der Waals surface area contributed by atoms with Crippen molar-refractivity contribution in [3.8, 4) is 0 Å². The Morgan fingerprint density at radius 3 is 1.49 bits per heavy atom. The lowest BCUT2D eigenvalue weighted by Crippen LogP contribution is -2.33. The van der Waals surface area contributed by atoms with Gasteiger partial charge < -0.3 is 9.80 Å². The Balaban J connectivity index is 2.22. The molecule has 3 nitrogen and oxygen atoms in total. The van der Waals surface area contributed by atoms with Gasteiger partial charge in [0.15, 0.2) is 0 Å². The van der Waals surface area contributed by atoms with E-state index in [-0.39, 0.29) is 0 Å². The van der Waals surface area contributed by atoms with E-state index in [9.17, 15) is 4.79 Å². The van der Waals surface area contributed by atoms with Crippen LogP contribution < -0.4 is 0 Å². The smallest absolute Gasteiger partial charge is 0.133 e. The van der Waals surface area contributed by atoms with Crippen LogP contribution >= 0.6 is 0 Å². The number of nitrogens with zero attached hydrogens (tertiary/aromatic N) is 2. The molecule has 2 atom stereocenters. The van der Waals surface area contributed by atoms with Crippen molar-refractivity contribution in [3.63, 3.8) is 0 Å². The van der Waals surface area contributed by atoms with Gasteiger partial charge in [-0.15, -0.1) is 0 Å². The van der Waals surface area contributed by atoms with Crippen LogP contribution in [0.2, 0.25) is 0 Å². The monoisotopic (exact) mass is 605 g/mol. The fourth-order valence-corrected chi connectivity index (χ4v) is 7.16. The van der Waals surface area contributed by atoms with E-state index in [1.165, 1.54) is 193 Å². The Kier molecular flexibility index (Phi) is 28.6. The highest BCUT2D eigenvalue weighted by molar-refractivity contribution is 5.78. The van der Waals surface area contributed by atoms with Crippen LogP contribution in [-0.2, 0) is 4.79 Å². The molecule has 3 heteroatoms. The van der Waals surface area contributed by atoms with E-state index in [2.05, 4.69) is 37.7 Å². The zero-order chi connectivity index (χ0) is 31.2. The van der Waals surface area contributed by atoms with Crippen molar-refractivity contribution >= 4 is 5.78 Å². The largest absolute Gasteiger partial charge is 0.308 e. The molecule has 2 unspecified atom stereocenters. The maximum atomic E-state index is 12.9. The Labute approximate surface area is 272 Å². The van der Waals surface area contributed by atoms with E-state index in [0.717, 1.165) is 25.2 Å². The summed E-state index contributed by atoms with van der Waals surface area (Å²) in [5.41, 5.74) is 0. The summed E-state index contributed by atoms with van der Waals surface area (Å²) in [4.78, 5) is 18.0. The molecule has 0 aliphatic heterocycles. The van der Waals surface area contributed by atoms with Crippen LogP contribution in [0.25, 0.3) is 0 Å². The third kappa shape index (κ3) is 27.6. The van der Waals surface area contributed by atoms with Crippen molar-refractivity contribution in [1.29, 1.82) is 0 Å². The van der Waals surface area contributed by atoms with Gasteiger partial charge in [-0.3, -0.25) is 4.79 Å². The van der Waals surface area contributed by atoms with E-state index in [1.54, 1.807) is 0 Å². The van der Waals surface area contributed by atoms with Gasteiger partial charge in [0.2, 0.25) is 0 Å². The summed E-state index contributed by atoms with van der Waals surface area (Å²) in [5, 5.41) is 0. The number of carbonyl (C=O) groups is 1. The number of likely N-dealkylation sites (N-methyl/N-ethyl adjacent to an activating group) is 1. The van der Waals surface area contributed by atoms with Crippen molar-refractivity contribution in [2.45, 2.75) is 200 Å². The number of carbonyl (C=O) groups excluding carboxylic acids is 1. The molecule has 0 aromatic rings. The molecule has 0 aromatic heterocycles. The average Bonchev–Trinajstić information content (AvgIpc) is 2.98. The molecule has 0 N–H and O–H groups in total. The lowest BCUT2D eigenvalue weighted by Gasteiger charge is -2.24. The molecule has 0 bridgehead atoms. The average molecular weight is 605 g/mol. The van der Waals surface area contributed by atoms with E-state index >= 15 is 0 Å². The second kappa shape index (κ2) is 30.3. The van der Waals surface area contributed by atoms with E-state index in [0.29, 0.717) is 11.7 Å². The van der Waals surface area contributed by atoms with Crippen LogP contribution in [0.5, 0.6) is 0 Å². The molecule has 0 aromatic carbocycles.